The first kappa shape index (κ1) is 24.6. The fourth-order valence-electron chi connectivity index (χ4n) is 4.83. The molecule has 0 spiro atoms. The summed E-state index contributed by atoms with van der Waals surface area (Å²) in [6, 6.07) is 16.2. The summed E-state index contributed by atoms with van der Waals surface area (Å²) in [5, 5.41) is 0. The Bertz CT molecular complexity index is 1610. The summed E-state index contributed by atoms with van der Waals surface area (Å²) in [4.78, 5) is 47.7. The summed E-state index contributed by atoms with van der Waals surface area (Å²) in [5.74, 6) is -0.738. The van der Waals surface area contributed by atoms with E-state index in [9.17, 15) is 14.4 Å². The molecule has 188 valence electrons. The van der Waals surface area contributed by atoms with Gasteiger partial charge in [0.15, 0.2) is 4.80 Å². The average Bonchev–Trinajstić information content (AvgIpc) is 3.37. The SMILES string of the molecule is C=CCOC(=O)C1=C(C)N=c2s/c(=C3\C(=O)N(CCCC)c4ccccc43)c(=O)n2[C@@H]1c1ccccc1. The van der Waals surface area contributed by atoms with Gasteiger partial charge in [0.25, 0.3) is 11.5 Å². The van der Waals surface area contributed by atoms with Gasteiger partial charge in [-0.1, -0.05) is 85.9 Å². The Morgan fingerprint density at radius 1 is 1.14 bits per heavy atom. The first-order valence-electron chi connectivity index (χ1n) is 12.3. The third-order valence-corrected chi connectivity index (χ3v) is 7.60. The molecule has 2 aromatic carbocycles. The Hall–Kier alpha value is -4.04. The monoisotopic (exact) mass is 513 g/mol. The maximum absolute atomic E-state index is 14.1. The van der Waals surface area contributed by atoms with Crippen molar-refractivity contribution in [2.45, 2.75) is 32.7 Å². The summed E-state index contributed by atoms with van der Waals surface area (Å²) < 4.78 is 7.22. The number of carbonyl (C=O) groups is 2. The molecule has 1 amide bonds. The van der Waals surface area contributed by atoms with E-state index in [2.05, 4.69) is 18.5 Å². The fourth-order valence-corrected chi connectivity index (χ4v) is 5.97. The molecule has 2 aliphatic heterocycles. The number of amides is 1. The molecule has 0 N–H and O–H groups in total. The predicted octanol–water partition coefficient (Wildman–Crippen LogP) is 3.48. The van der Waals surface area contributed by atoms with Crippen molar-refractivity contribution in [3.05, 3.63) is 109 Å². The molecule has 1 atom stereocenters. The molecule has 8 heteroatoms. The van der Waals surface area contributed by atoms with Gasteiger partial charge in [0.1, 0.15) is 11.1 Å². The lowest BCUT2D eigenvalue weighted by Gasteiger charge is -2.24. The summed E-state index contributed by atoms with van der Waals surface area (Å²) in [6.45, 7) is 8.06. The number of ether oxygens (including phenoxy) is 1. The van der Waals surface area contributed by atoms with Crippen LogP contribution in [0.5, 0.6) is 0 Å². The number of anilines is 1. The second-order valence-corrected chi connectivity index (χ2v) is 9.88. The van der Waals surface area contributed by atoms with Gasteiger partial charge in [-0.2, -0.15) is 0 Å². The molecule has 1 aromatic heterocycles. The molecular formula is C29H27N3O4S. The number of benzene rings is 2. The van der Waals surface area contributed by atoms with Gasteiger partial charge in [-0.25, -0.2) is 9.79 Å². The van der Waals surface area contributed by atoms with Crippen LogP contribution in [0.4, 0.5) is 5.69 Å². The minimum Gasteiger partial charge on any atom is -0.458 e. The van der Waals surface area contributed by atoms with E-state index in [1.54, 1.807) is 11.8 Å². The third-order valence-electron chi connectivity index (χ3n) is 6.55. The van der Waals surface area contributed by atoms with Gasteiger partial charge in [0, 0.05) is 12.1 Å². The van der Waals surface area contributed by atoms with Gasteiger partial charge in [0.2, 0.25) is 0 Å². The van der Waals surface area contributed by atoms with Gasteiger partial charge in [-0.15, -0.1) is 0 Å². The maximum atomic E-state index is 14.1. The lowest BCUT2D eigenvalue weighted by atomic mass is 9.96. The van der Waals surface area contributed by atoms with Crippen molar-refractivity contribution in [2.24, 2.45) is 4.99 Å². The van der Waals surface area contributed by atoms with Crippen LogP contribution in [0.3, 0.4) is 0 Å². The number of hydrogen-bond donors (Lipinski definition) is 0. The van der Waals surface area contributed by atoms with Crippen LogP contribution in [0.1, 0.15) is 43.9 Å². The highest BCUT2D eigenvalue weighted by molar-refractivity contribution is 7.07. The van der Waals surface area contributed by atoms with Crippen LogP contribution in [0, 0.1) is 0 Å². The molecule has 5 rings (SSSR count). The average molecular weight is 514 g/mol. The zero-order valence-corrected chi connectivity index (χ0v) is 21.6. The Morgan fingerprint density at radius 2 is 1.86 bits per heavy atom. The minimum absolute atomic E-state index is 0.0462. The van der Waals surface area contributed by atoms with Crippen molar-refractivity contribution in [2.75, 3.05) is 18.1 Å². The van der Waals surface area contributed by atoms with Crippen LogP contribution >= 0.6 is 11.3 Å². The molecule has 0 saturated heterocycles. The van der Waals surface area contributed by atoms with E-state index in [1.165, 1.54) is 22.0 Å². The van der Waals surface area contributed by atoms with Crippen molar-refractivity contribution in [1.29, 1.82) is 0 Å². The molecular weight excluding hydrogens is 486 g/mol. The molecule has 0 fully saturated rings. The number of hydrogen-bond acceptors (Lipinski definition) is 6. The molecule has 0 radical (unpaired) electrons. The first-order chi connectivity index (χ1) is 18.0. The molecule has 3 heterocycles. The number of allylic oxidation sites excluding steroid dienone is 1. The van der Waals surface area contributed by atoms with Crippen LogP contribution in [0.2, 0.25) is 0 Å². The summed E-state index contributed by atoms with van der Waals surface area (Å²) in [6.07, 6.45) is 3.30. The molecule has 0 saturated carbocycles. The Labute approximate surface area is 218 Å². The highest BCUT2D eigenvalue weighted by atomic mass is 32.1. The normalized spacial score (nSPS) is 17.8. The van der Waals surface area contributed by atoms with E-state index in [0.29, 0.717) is 32.7 Å². The van der Waals surface area contributed by atoms with Gasteiger partial charge >= 0.3 is 5.97 Å². The number of rotatable bonds is 7. The smallest absolute Gasteiger partial charge is 0.338 e. The molecule has 0 aliphatic carbocycles. The number of fused-ring (bicyclic) bond motifs is 2. The lowest BCUT2D eigenvalue weighted by molar-refractivity contribution is -0.138. The zero-order valence-electron chi connectivity index (χ0n) is 20.8. The van der Waals surface area contributed by atoms with Gasteiger partial charge in [-0.3, -0.25) is 14.2 Å². The van der Waals surface area contributed by atoms with Crippen molar-refractivity contribution in [1.82, 2.24) is 4.57 Å². The molecule has 0 bridgehead atoms. The summed E-state index contributed by atoms with van der Waals surface area (Å²) in [7, 11) is 0. The van der Waals surface area contributed by atoms with Crippen LogP contribution in [0.25, 0.3) is 5.57 Å². The standard InChI is InChI=1S/C29H27N3O4S/c1-4-6-16-31-21-15-11-10-14-20(21)23(26(31)33)25-27(34)32-24(19-12-8-7-9-13-19)22(28(35)36-17-5-2)18(3)30-29(32)37-25/h5,7-15,24H,2,4,6,16-17H2,1,3H3/b25-23-/t24-/m1/s1. The number of aromatic nitrogens is 1. The van der Waals surface area contributed by atoms with Gasteiger partial charge in [-0.05, 0) is 25.0 Å². The van der Waals surface area contributed by atoms with Crippen LogP contribution in [-0.2, 0) is 14.3 Å². The largest absolute Gasteiger partial charge is 0.458 e. The van der Waals surface area contributed by atoms with E-state index in [4.69, 9.17) is 4.74 Å². The molecule has 37 heavy (non-hydrogen) atoms. The second-order valence-electron chi connectivity index (χ2n) is 8.90. The Kier molecular flexibility index (Phi) is 6.76. The van der Waals surface area contributed by atoms with Crippen LogP contribution < -0.4 is 19.8 Å². The summed E-state index contributed by atoms with van der Waals surface area (Å²) in [5.41, 5.74) is 3.11. The zero-order chi connectivity index (χ0) is 26.1. The topological polar surface area (TPSA) is 81.0 Å². The quantitative estimate of drug-likeness (QED) is 0.358. The van der Waals surface area contributed by atoms with Crippen molar-refractivity contribution < 1.29 is 14.3 Å². The van der Waals surface area contributed by atoms with E-state index in [-0.39, 0.29) is 18.1 Å². The minimum atomic E-state index is -0.730. The fraction of sp³-hybridized carbons (Fsp3) is 0.241. The van der Waals surface area contributed by atoms with Crippen molar-refractivity contribution >= 4 is 34.5 Å². The van der Waals surface area contributed by atoms with Crippen LogP contribution in [0.15, 0.2) is 88.3 Å². The Balaban J connectivity index is 1.76. The van der Waals surface area contributed by atoms with E-state index < -0.39 is 12.0 Å². The number of esters is 1. The Morgan fingerprint density at radius 3 is 2.59 bits per heavy atom. The maximum Gasteiger partial charge on any atom is 0.338 e. The van der Waals surface area contributed by atoms with Gasteiger partial charge in [0.05, 0.1) is 28.6 Å². The summed E-state index contributed by atoms with van der Waals surface area (Å²) >= 11 is 1.18. The van der Waals surface area contributed by atoms with Gasteiger partial charge < -0.3 is 9.64 Å². The molecule has 0 unspecified atom stereocenters. The van der Waals surface area contributed by atoms with E-state index >= 15 is 0 Å². The molecule has 7 nitrogen and oxygen atoms in total. The van der Waals surface area contributed by atoms with E-state index in [0.717, 1.165) is 29.7 Å². The highest BCUT2D eigenvalue weighted by Crippen LogP contribution is 2.35. The molecule has 2 aliphatic rings. The van der Waals surface area contributed by atoms with Crippen LogP contribution in [-0.4, -0.2) is 29.6 Å². The molecule has 3 aromatic rings. The number of para-hydroxylation sites is 1. The first-order valence-corrected chi connectivity index (χ1v) is 13.1. The number of unbranched alkanes of at least 4 members (excludes halogenated alkanes) is 1. The highest BCUT2D eigenvalue weighted by Gasteiger charge is 2.37. The predicted molar refractivity (Wildman–Crippen MR) is 144 cm³/mol. The van der Waals surface area contributed by atoms with Crippen molar-refractivity contribution in [3.8, 4) is 0 Å². The van der Waals surface area contributed by atoms with Crippen molar-refractivity contribution in [3.63, 3.8) is 0 Å². The third kappa shape index (κ3) is 4.17. The number of carbonyl (C=O) groups excluding carboxylic acids is 2. The number of nitrogens with zero attached hydrogens (tertiary/aromatic N) is 3. The lowest BCUT2D eigenvalue weighted by Crippen LogP contribution is -2.41. The number of thiazole rings is 1. The van der Waals surface area contributed by atoms with E-state index in [1.807, 2.05) is 54.6 Å². The second kappa shape index (κ2) is 10.1.